The second-order valence-corrected chi connectivity index (χ2v) is 3.82. The van der Waals surface area contributed by atoms with Crippen LogP contribution >= 0.6 is 0 Å². The van der Waals surface area contributed by atoms with E-state index in [-0.39, 0.29) is 5.82 Å². The number of rotatable bonds is 2. The predicted octanol–water partition coefficient (Wildman–Crippen LogP) is 2.20. The molecule has 1 aliphatic rings. The highest BCUT2D eigenvalue weighted by Crippen LogP contribution is 2.47. The van der Waals surface area contributed by atoms with Crippen molar-refractivity contribution >= 4 is 0 Å². The third-order valence-corrected chi connectivity index (χ3v) is 2.85. The van der Waals surface area contributed by atoms with Crippen LogP contribution in [0, 0.1) is 18.7 Å². The summed E-state index contributed by atoms with van der Waals surface area (Å²) in [6.45, 7) is 2.48. The average Bonchev–Trinajstić information content (AvgIpc) is 2.89. The summed E-state index contributed by atoms with van der Waals surface area (Å²) in [5.41, 5.74) is 7.12. The van der Waals surface area contributed by atoms with E-state index in [0.29, 0.717) is 18.4 Å². The van der Waals surface area contributed by atoms with Gasteiger partial charge in [-0.05, 0) is 42.9 Å². The average molecular weight is 179 g/mol. The Kier molecular flexibility index (Phi) is 2.08. The Hall–Kier alpha value is -0.890. The minimum atomic E-state index is -0.0385. The minimum absolute atomic E-state index is 0.0385. The van der Waals surface area contributed by atoms with Gasteiger partial charge in [0, 0.05) is 0 Å². The minimum Gasteiger partial charge on any atom is -0.330 e. The van der Waals surface area contributed by atoms with Gasteiger partial charge in [0.25, 0.3) is 0 Å². The van der Waals surface area contributed by atoms with Gasteiger partial charge in [-0.3, -0.25) is 0 Å². The van der Waals surface area contributed by atoms with Crippen molar-refractivity contribution < 1.29 is 4.39 Å². The van der Waals surface area contributed by atoms with E-state index in [4.69, 9.17) is 5.73 Å². The number of benzene rings is 1. The van der Waals surface area contributed by atoms with Crippen molar-refractivity contribution in [1.29, 1.82) is 0 Å². The molecule has 2 heteroatoms. The van der Waals surface area contributed by atoms with E-state index in [2.05, 4.69) is 0 Å². The molecule has 0 aliphatic heterocycles. The quantitative estimate of drug-likeness (QED) is 0.740. The number of hydrogen-bond acceptors (Lipinski definition) is 1. The van der Waals surface area contributed by atoms with Gasteiger partial charge in [0.15, 0.2) is 0 Å². The Morgan fingerprint density at radius 3 is 2.92 bits per heavy atom. The van der Waals surface area contributed by atoms with Crippen LogP contribution in [0.4, 0.5) is 4.39 Å². The summed E-state index contributed by atoms with van der Waals surface area (Å²) in [6.07, 6.45) is 1.05. The lowest BCUT2D eigenvalue weighted by atomic mass is 10.1. The van der Waals surface area contributed by atoms with Crippen LogP contribution in [-0.2, 0) is 0 Å². The molecule has 2 rings (SSSR count). The second-order valence-electron chi connectivity index (χ2n) is 3.82. The smallest absolute Gasteiger partial charge is 0.129 e. The first-order valence-electron chi connectivity index (χ1n) is 4.69. The van der Waals surface area contributed by atoms with Crippen molar-refractivity contribution in [2.24, 2.45) is 11.7 Å². The molecule has 1 fully saturated rings. The van der Waals surface area contributed by atoms with Gasteiger partial charge in [0.05, 0.1) is 0 Å². The molecule has 13 heavy (non-hydrogen) atoms. The van der Waals surface area contributed by atoms with E-state index in [9.17, 15) is 4.39 Å². The fourth-order valence-corrected chi connectivity index (χ4v) is 1.85. The van der Waals surface area contributed by atoms with Gasteiger partial charge in [-0.1, -0.05) is 18.2 Å². The molecule has 1 saturated carbocycles. The first-order chi connectivity index (χ1) is 6.24. The van der Waals surface area contributed by atoms with Crippen LogP contribution in [0.3, 0.4) is 0 Å². The number of hydrogen-bond donors (Lipinski definition) is 1. The third kappa shape index (κ3) is 1.46. The van der Waals surface area contributed by atoms with Crippen LogP contribution in [0.15, 0.2) is 18.2 Å². The van der Waals surface area contributed by atoms with Crippen molar-refractivity contribution in [2.75, 3.05) is 6.54 Å². The van der Waals surface area contributed by atoms with Crippen LogP contribution in [0.1, 0.15) is 23.5 Å². The van der Waals surface area contributed by atoms with Gasteiger partial charge >= 0.3 is 0 Å². The molecule has 1 aromatic carbocycles. The summed E-state index contributed by atoms with van der Waals surface area (Å²) in [5.74, 6) is 0.852. The number of aryl methyl sites for hydroxylation is 1. The molecule has 0 unspecified atom stereocenters. The van der Waals surface area contributed by atoms with Crippen LogP contribution < -0.4 is 5.73 Å². The summed E-state index contributed by atoms with van der Waals surface area (Å²) in [4.78, 5) is 0. The van der Waals surface area contributed by atoms with Crippen LogP contribution in [-0.4, -0.2) is 6.54 Å². The van der Waals surface area contributed by atoms with Crippen molar-refractivity contribution in [3.05, 3.63) is 35.1 Å². The van der Waals surface area contributed by atoms with Crippen molar-refractivity contribution in [1.82, 2.24) is 0 Å². The first-order valence-corrected chi connectivity index (χ1v) is 4.69. The zero-order valence-corrected chi connectivity index (χ0v) is 7.76. The largest absolute Gasteiger partial charge is 0.330 e. The maximum absolute atomic E-state index is 13.6. The lowest BCUT2D eigenvalue weighted by Gasteiger charge is -2.03. The summed E-state index contributed by atoms with van der Waals surface area (Å²) in [5, 5.41) is 0. The second kappa shape index (κ2) is 3.11. The molecule has 0 aromatic heterocycles. The molecular weight excluding hydrogens is 165 g/mol. The third-order valence-electron chi connectivity index (χ3n) is 2.85. The lowest BCUT2D eigenvalue weighted by molar-refractivity contribution is 0.597. The number of nitrogens with two attached hydrogens (primary N) is 1. The monoisotopic (exact) mass is 179 g/mol. The lowest BCUT2D eigenvalue weighted by Crippen LogP contribution is -2.03. The first kappa shape index (κ1) is 8.70. The van der Waals surface area contributed by atoms with Gasteiger partial charge in [0.2, 0.25) is 0 Å². The zero-order valence-electron chi connectivity index (χ0n) is 7.76. The Morgan fingerprint density at radius 2 is 2.31 bits per heavy atom. The van der Waals surface area contributed by atoms with Crippen molar-refractivity contribution in [3.63, 3.8) is 0 Å². The molecule has 0 amide bonds. The zero-order chi connectivity index (χ0) is 9.42. The number of halogens is 1. The Morgan fingerprint density at radius 1 is 1.54 bits per heavy atom. The molecule has 0 bridgehead atoms. The predicted molar refractivity (Wildman–Crippen MR) is 51.0 cm³/mol. The van der Waals surface area contributed by atoms with Gasteiger partial charge in [-0.25, -0.2) is 4.39 Å². The molecule has 1 aliphatic carbocycles. The Balaban J connectivity index is 2.27. The Labute approximate surface area is 77.8 Å². The molecule has 1 nitrogen and oxygen atoms in total. The van der Waals surface area contributed by atoms with Gasteiger partial charge in [-0.15, -0.1) is 0 Å². The summed E-state index contributed by atoms with van der Waals surface area (Å²) < 4.78 is 13.6. The van der Waals surface area contributed by atoms with E-state index >= 15 is 0 Å². The highest BCUT2D eigenvalue weighted by atomic mass is 19.1. The molecule has 0 saturated heterocycles. The molecule has 70 valence electrons. The SMILES string of the molecule is Cc1cccc([C@@H]2C[C@H]2CN)c1F. The van der Waals surface area contributed by atoms with Gasteiger partial charge in [0.1, 0.15) is 5.82 Å². The summed E-state index contributed by atoms with van der Waals surface area (Å²) in [6, 6.07) is 5.60. The summed E-state index contributed by atoms with van der Waals surface area (Å²) in [7, 11) is 0. The van der Waals surface area contributed by atoms with E-state index in [0.717, 1.165) is 17.5 Å². The maximum atomic E-state index is 13.6. The van der Waals surface area contributed by atoms with Gasteiger partial charge < -0.3 is 5.73 Å². The van der Waals surface area contributed by atoms with Crippen molar-refractivity contribution in [3.8, 4) is 0 Å². The van der Waals surface area contributed by atoms with Crippen LogP contribution in [0.25, 0.3) is 0 Å². The fourth-order valence-electron chi connectivity index (χ4n) is 1.85. The molecule has 0 heterocycles. The molecular formula is C11H14FN. The molecule has 1 aromatic rings. The highest BCUT2D eigenvalue weighted by Gasteiger charge is 2.38. The summed E-state index contributed by atoms with van der Waals surface area (Å²) >= 11 is 0. The van der Waals surface area contributed by atoms with E-state index in [1.807, 2.05) is 12.1 Å². The standard InChI is InChI=1S/C11H14FN/c1-7-3-2-4-9(11(7)12)10-5-8(10)6-13/h2-4,8,10H,5-6,13H2,1H3/t8-,10+/m0/s1. The molecule has 0 spiro atoms. The topological polar surface area (TPSA) is 26.0 Å². The van der Waals surface area contributed by atoms with Crippen LogP contribution in [0.2, 0.25) is 0 Å². The van der Waals surface area contributed by atoms with Crippen molar-refractivity contribution in [2.45, 2.75) is 19.3 Å². The normalized spacial score (nSPS) is 26.1. The molecule has 2 atom stereocenters. The van der Waals surface area contributed by atoms with Crippen LogP contribution in [0.5, 0.6) is 0 Å². The van der Waals surface area contributed by atoms with Gasteiger partial charge in [-0.2, -0.15) is 0 Å². The fraction of sp³-hybridized carbons (Fsp3) is 0.455. The maximum Gasteiger partial charge on any atom is 0.129 e. The van der Waals surface area contributed by atoms with E-state index in [1.165, 1.54) is 0 Å². The van der Waals surface area contributed by atoms with E-state index in [1.54, 1.807) is 13.0 Å². The molecule has 2 N–H and O–H groups in total. The molecule has 0 radical (unpaired) electrons. The van der Waals surface area contributed by atoms with E-state index < -0.39 is 0 Å². The highest BCUT2D eigenvalue weighted by molar-refractivity contribution is 5.31. The Bertz CT molecular complexity index is 322.